The largest absolute Gasteiger partial charge is 0.325 e. The van der Waals surface area contributed by atoms with E-state index in [1.807, 2.05) is 0 Å². The van der Waals surface area contributed by atoms with Gasteiger partial charge in [0.25, 0.3) is 0 Å². The monoisotopic (exact) mass is 399 g/mol. The lowest BCUT2D eigenvalue weighted by molar-refractivity contribution is -0.120. The van der Waals surface area contributed by atoms with Gasteiger partial charge in [0.15, 0.2) is 0 Å². The molecule has 0 bridgehead atoms. The third-order valence-corrected chi connectivity index (χ3v) is 5.21. The van der Waals surface area contributed by atoms with Crippen LogP contribution in [0.2, 0.25) is 5.02 Å². The Labute approximate surface area is 156 Å². The van der Waals surface area contributed by atoms with Crippen molar-refractivity contribution >= 4 is 33.2 Å². The third-order valence-electron chi connectivity index (χ3n) is 3.94. The van der Waals surface area contributed by atoms with E-state index in [-0.39, 0.29) is 22.4 Å². The molecule has 0 fully saturated rings. The number of halogens is 2. The average Bonchev–Trinajstić information content (AvgIpc) is 2.57. The number of likely N-dealkylation sites (N-methyl/N-ethyl adjacent to an activating group) is 1. The van der Waals surface area contributed by atoms with Crippen LogP contribution < -0.4 is 10.5 Å². The van der Waals surface area contributed by atoms with Gasteiger partial charge in [-0.05, 0) is 44.3 Å². The Kier molecular flexibility index (Phi) is 6.35. The van der Waals surface area contributed by atoms with Gasteiger partial charge in [-0.25, -0.2) is 17.9 Å². The summed E-state index contributed by atoms with van der Waals surface area (Å²) in [4.78, 5) is 13.9. The van der Waals surface area contributed by atoms with E-state index in [4.69, 9.17) is 16.7 Å². The fourth-order valence-electron chi connectivity index (χ4n) is 2.27. The molecular formula is C17H19ClFN3O3S. The van der Waals surface area contributed by atoms with E-state index in [2.05, 4.69) is 5.32 Å². The normalized spacial score (nSPS) is 12.8. The second kappa shape index (κ2) is 8.13. The van der Waals surface area contributed by atoms with Crippen LogP contribution in [0.1, 0.15) is 12.5 Å². The molecule has 0 saturated heterocycles. The molecule has 0 aliphatic carbocycles. The molecule has 6 nitrogen and oxygen atoms in total. The molecule has 2 aromatic carbocycles. The van der Waals surface area contributed by atoms with Gasteiger partial charge in [-0.3, -0.25) is 9.69 Å². The number of nitrogens with two attached hydrogens (primary N) is 1. The van der Waals surface area contributed by atoms with Crippen LogP contribution in [0, 0.1) is 5.82 Å². The summed E-state index contributed by atoms with van der Waals surface area (Å²) < 4.78 is 36.7. The van der Waals surface area contributed by atoms with E-state index in [1.54, 1.807) is 31.0 Å². The molecule has 0 aromatic heterocycles. The van der Waals surface area contributed by atoms with Crippen LogP contribution >= 0.6 is 11.6 Å². The molecule has 3 N–H and O–H groups in total. The Morgan fingerprint density at radius 1 is 1.31 bits per heavy atom. The minimum absolute atomic E-state index is 0.102. The lowest BCUT2D eigenvalue weighted by Gasteiger charge is -2.24. The first-order valence-corrected chi connectivity index (χ1v) is 9.59. The Balaban J connectivity index is 2.10. The van der Waals surface area contributed by atoms with Gasteiger partial charge < -0.3 is 5.32 Å². The van der Waals surface area contributed by atoms with Crippen molar-refractivity contribution in [2.45, 2.75) is 24.4 Å². The highest BCUT2D eigenvalue weighted by Gasteiger charge is 2.21. The van der Waals surface area contributed by atoms with Crippen molar-refractivity contribution in [3.8, 4) is 0 Å². The first kappa shape index (κ1) is 20.3. The van der Waals surface area contributed by atoms with Crippen LogP contribution in [0.3, 0.4) is 0 Å². The number of sulfonamides is 1. The number of amides is 1. The van der Waals surface area contributed by atoms with Crippen molar-refractivity contribution < 1.29 is 17.6 Å². The van der Waals surface area contributed by atoms with E-state index < -0.39 is 21.9 Å². The van der Waals surface area contributed by atoms with Gasteiger partial charge in [0.05, 0.1) is 10.9 Å². The van der Waals surface area contributed by atoms with Crippen molar-refractivity contribution in [1.82, 2.24) is 4.90 Å². The van der Waals surface area contributed by atoms with Gasteiger partial charge in [-0.1, -0.05) is 23.7 Å². The fraction of sp³-hybridized carbons (Fsp3) is 0.235. The molecule has 9 heteroatoms. The quantitative estimate of drug-likeness (QED) is 0.780. The average molecular weight is 400 g/mol. The van der Waals surface area contributed by atoms with Crippen molar-refractivity contribution in [2.24, 2.45) is 5.14 Å². The van der Waals surface area contributed by atoms with Crippen LogP contribution in [0.4, 0.5) is 10.1 Å². The number of nitrogens with one attached hydrogen (secondary N) is 1. The highest BCUT2D eigenvalue weighted by molar-refractivity contribution is 7.89. The van der Waals surface area contributed by atoms with Crippen molar-refractivity contribution in [1.29, 1.82) is 0 Å². The lowest BCUT2D eigenvalue weighted by Crippen LogP contribution is -2.39. The summed E-state index contributed by atoms with van der Waals surface area (Å²) in [6.07, 6.45) is 0. The molecule has 0 radical (unpaired) electrons. The molecule has 2 aromatic rings. The Bertz CT molecular complexity index is 901. The maximum Gasteiger partial charge on any atom is 0.241 e. The second-order valence-electron chi connectivity index (χ2n) is 5.85. The topological polar surface area (TPSA) is 92.5 Å². The first-order chi connectivity index (χ1) is 12.1. The maximum atomic E-state index is 13.9. The van der Waals surface area contributed by atoms with Gasteiger partial charge in [0.2, 0.25) is 15.9 Å². The van der Waals surface area contributed by atoms with E-state index in [0.717, 1.165) is 0 Å². The third kappa shape index (κ3) is 5.01. The molecule has 0 saturated carbocycles. The number of primary sulfonamides is 1. The van der Waals surface area contributed by atoms with Crippen LogP contribution in [-0.4, -0.2) is 32.3 Å². The molecule has 1 amide bonds. The van der Waals surface area contributed by atoms with E-state index >= 15 is 0 Å². The molecule has 26 heavy (non-hydrogen) atoms. The zero-order chi connectivity index (χ0) is 19.5. The number of hydrogen-bond donors (Lipinski definition) is 2. The number of benzene rings is 2. The zero-order valence-corrected chi connectivity index (χ0v) is 15.8. The smallest absolute Gasteiger partial charge is 0.241 e. The van der Waals surface area contributed by atoms with Crippen LogP contribution in [0.5, 0.6) is 0 Å². The predicted molar refractivity (Wildman–Crippen MR) is 98.8 cm³/mol. The number of rotatable bonds is 6. The Morgan fingerprint density at radius 2 is 1.96 bits per heavy atom. The lowest BCUT2D eigenvalue weighted by atomic mass is 10.1. The van der Waals surface area contributed by atoms with Crippen molar-refractivity contribution in [3.63, 3.8) is 0 Å². The van der Waals surface area contributed by atoms with Gasteiger partial charge in [0, 0.05) is 22.8 Å². The maximum absolute atomic E-state index is 13.9. The standard InChI is InChI=1S/C17H19ClFN3O3S/c1-11(22(2)10-14-15(18)7-4-8-16(14)19)17(23)21-12-5-3-6-13(9-12)26(20,24)25/h3-9,11H,10H2,1-2H3,(H,21,23)(H2,20,24,25). The van der Waals surface area contributed by atoms with Crippen molar-refractivity contribution in [3.05, 3.63) is 58.9 Å². The molecule has 2 rings (SSSR count). The molecule has 1 atom stereocenters. The van der Waals surface area contributed by atoms with Crippen LogP contribution in [-0.2, 0) is 21.4 Å². The van der Waals surface area contributed by atoms with Crippen LogP contribution in [0.25, 0.3) is 0 Å². The highest BCUT2D eigenvalue weighted by Crippen LogP contribution is 2.21. The predicted octanol–water partition coefficient (Wildman–Crippen LogP) is 2.59. The molecule has 0 heterocycles. The number of anilines is 1. The number of carbonyl (C=O) groups excluding carboxylic acids is 1. The van der Waals surface area contributed by atoms with Gasteiger partial charge in [0.1, 0.15) is 5.82 Å². The van der Waals surface area contributed by atoms with Gasteiger partial charge >= 0.3 is 0 Å². The summed E-state index contributed by atoms with van der Waals surface area (Å²) in [6.45, 7) is 1.78. The number of nitrogens with zero attached hydrogens (tertiary/aromatic N) is 1. The van der Waals surface area contributed by atoms with Gasteiger partial charge in [-0.15, -0.1) is 0 Å². The molecule has 0 aliphatic heterocycles. The minimum atomic E-state index is -3.87. The van der Waals surface area contributed by atoms with Crippen LogP contribution in [0.15, 0.2) is 47.4 Å². The fourth-order valence-corrected chi connectivity index (χ4v) is 3.05. The number of carbonyl (C=O) groups is 1. The summed E-state index contributed by atoms with van der Waals surface area (Å²) >= 11 is 6.01. The van der Waals surface area contributed by atoms with Crippen molar-refractivity contribution in [2.75, 3.05) is 12.4 Å². The summed E-state index contributed by atoms with van der Waals surface area (Å²) in [5.41, 5.74) is 0.596. The summed E-state index contributed by atoms with van der Waals surface area (Å²) in [6, 6.07) is 9.40. The number of hydrogen-bond acceptors (Lipinski definition) is 4. The summed E-state index contributed by atoms with van der Waals surface area (Å²) in [5.74, 6) is -0.829. The molecule has 0 aliphatic rings. The van der Waals surface area contributed by atoms with E-state index in [0.29, 0.717) is 11.3 Å². The summed E-state index contributed by atoms with van der Waals surface area (Å²) in [5, 5.41) is 7.99. The van der Waals surface area contributed by atoms with E-state index in [1.165, 1.54) is 30.3 Å². The second-order valence-corrected chi connectivity index (χ2v) is 7.82. The van der Waals surface area contributed by atoms with Gasteiger partial charge in [-0.2, -0.15) is 0 Å². The highest BCUT2D eigenvalue weighted by atomic mass is 35.5. The summed E-state index contributed by atoms with van der Waals surface area (Å²) in [7, 11) is -2.21. The molecule has 140 valence electrons. The Morgan fingerprint density at radius 3 is 2.58 bits per heavy atom. The zero-order valence-electron chi connectivity index (χ0n) is 14.2. The SMILES string of the molecule is CC(C(=O)Nc1cccc(S(N)(=O)=O)c1)N(C)Cc1c(F)cccc1Cl. The molecular weight excluding hydrogens is 381 g/mol. The molecule has 0 spiro atoms. The first-order valence-electron chi connectivity index (χ1n) is 7.66. The van der Waals surface area contributed by atoms with E-state index in [9.17, 15) is 17.6 Å². The molecule has 1 unspecified atom stereocenters. The minimum Gasteiger partial charge on any atom is -0.325 e. The Hall–Kier alpha value is -2.00.